The van der Waals surface area contributed by atoms with Crippen molar-refractivity contribution in [3.8, 4) is 5.75 Å². The second-order valence-corrected chi connectivity index (χ2v) is 7.86. The van der Waals surface area contributed by atoms with E-state index in [4.69, 9.17) is 9.47 Å². The average Bonchev–Trinajstić information content (AvgIpc) is 2.44. The zero-order valence-corrected chi connectivity index (χ0v) is 16.6. The minimum atomic E-state index is -0.810. The molecule has 0 aliphatic carbocycles. The van der Waals surface area contributed by atoms with E-state index in [0.717, 1.165) is 11.1 Å². The van der Waals surface area contributed by atoms with Crippen molar-refractivity contribution in [2.75, 3.05) is 0 Å². The smallest absolute Gasteiger partial charge is 0.408 e. The molecule has 1 atom stereocenters. The maximum absolute atomic E-state index is 12.5. The predicted octanol–water partition coefficient (Wildman–Crippen LogP) is 4.75. The van der Waals surface area contributed by atoms with Gasteiger partial charge in [-0.05, 0) is 50.7 Å². The summed E-state index contributed by atoms with van der Waals surface area (Å²) >= 11 is 0. The van der Waals surface area contributed by atoms with Gasteiger partial charge in [0.25, 0.3) is 0 Å². The fourth-order valence-electron chi connectivity index (χ4n) is 2.33. The molecule has 25 heavy (non-hydrogen) atoms. The van der Waals surface area contributed by atoms with Gasteiger partial charge in [0.05, 0.1) is 0 Å². The van der Waals surface area contributed by atoms with Gasteiger partial charge < -0.3 is 14.8 Å². The highest BCUT2D eigenvalue weighted by atomic mass is 16.6. The van der Waals surface area contributed by atoms with Crippen molar-refractivity contribution in [2.24, 2.45) is 0 Å². The molecule has 1 amide bonds. The summed E-state index contributed by atoms with van der Waals surface area (Å²) < 4.78 is 10.9. The monoisotopic (exact) mass is 349 g/mol. The van der Waals surface area contributed by atoms with E-state index in [-0.39, 0.29) is 11.8 Å². The van der Waals surface area contributed by atoms with Crippen molar-refractivity contribution >= 4 is 12.1 Å². The Morgan fingerprint density at radius 3 is 1.84 bits per heavy atom. The summed E-state index contributed by atoms with van der Waals surface area (Å²) in [6, 6.07) is 5.09. The minimum Gasteiger partial charge on any atom is -0.444 e. The summed E-state index contributed by atoms with van der Waals surface area (Å²) in [6.07, 6.45) is -0.641. The van der Waals surface area contributed by atoms with E-state index in [9.17, 15) is 9.59 Å². The Labute approximate surface area is 151 Å². The van der Waals surface area contributed by atoms with E-state index >= 15 is 0 Å². The Bertz CT molecular complexity index is 588. The number of carbonyl (C=O) groups is 2. The zero-order chi connectivity index (χ0) is 19.4. The van der Waals surface area contributed by atoms with Crippen molar-refractivity contribution in [1.29, 1.82) is 0 Å². The van der Waals surface area contributed by atoms with Gasteiger partial charge in [-0.2, -0.15) is 0 Å². The molecule has 5 nitrogen and oxygen atoms in total. The summed E-state index contributed by atoms with van der Waals surface area (Å²) in [5.41, 5.74) is 1.33. The first-order valence-electron chi connectivity index (χ1n) is 8.76. The second-order valence-electron chi connectivity index (χ2n) is 7.86. The van der Waals surface area contributed by atoms with Crippen LogP contribution in [0.25, 0.3) is 0 Å². The van der Waals surface area contributed by atoms with E-state index in [2.05, 4.69) is 33.0 Å². The van der Waals surface area contributed by atoms with E-state index in [1.54, 1.807) is 27.7 Å². The Morgan fingerprint density at radius 2 is 1.44 bits per heavy atom. The molecule has 0 saturated carbocycles. The summed E-state index contributed by atoms with van der Waals surface area (Å²) in [5, 5.41) is 2.52. The van der Waals surface area contributed by atoms with Gasteiger partial charge in [0.1, 0.15) is 17.4 Å². The van der Waals surface area contributed by atoms with Crippen LogP contribution in [0.4, 0.5) is 4.79 Å². The molecule has 140 valence electrons. The molecule has 0 aliphatic heterocycles. The van der Waals surface area contributed by atoms with Gasteiger partial charge in [-0.25, -0.2) is 9.59 Å². The summed E-state index contributed by atoms with van der Waals surface area (Å²) in [7, 11) is 0. The number of para-hydroxylation sites is 1. The van der Waals surface area contributed by atoms with Gasteiger partial charge in [0.15, 0.2) is 0 Å². The summed E-state index contributed by atoms with van der Waals surface area (Å²) in [5.74, 6) is 0.516. The Morgan fingerprint density at radius 1 is 0.960 bits per heavy atom. The third-order valence-electron chi connectivity index (χ3n) is 3.61. The third kappa shape index (κ3) is 6.40. The molecular weight excluding hydrogens is 318 g/mol. The number of nitrogens with one attached hydrogen (secondary N) is 1. The standard InChI is InChI=1S/C20H31NO4/c1-12(2)15-10-9-11-16(13(3)4)17(15)24-18(22)14(5)21-19(23)25-20(6,7)8/h9-14H,1-8H3,(H,21,23). The number of hydrogen-bond acceptors (Lipinski definition) is 4. The predicted molar refractivity (Wildman–Crippen MR) is 99.1 cm³/mol. The lowest BCUT2D eigenvalue weighted by atomic mass is 9.94. The van der Waals surface area contributed by atoms with Gasteiger partial charge in [0.2, 0.25) is 0 Å². The number of esters is 1. The zero-order valence-electron chi connectivity index (χ0n) is 16.6. The lowest BCUT2D eigenvalue weighted by Gasteiger charge is -2.23. The largest absolute Gasteiger partial charge is 0.444 e. The Balaban J connectivity index is 2.94. The summed E-state index contributed by atoms with van der Waals surface area (Å²) in [6.45, 7) is 15.1. The topological polar surface area (TPSA) is 64.6 Å². The van der Waals surface area contributed by atoms with Gasteiger partial charge >= 0.3 is 12.1 Å². The maximum Gasteiger partial charge on any atom is 0.408 e. The van der Waals surface area contributed by atoms with Crippen LogP contribution in [0.5, 0.6) is 5.75 Å². The second kappa shape index (κ2) is 8.37. The SMILES string of the molecule is CC(NC(=O)OC(C)(C)C)C(=O)Oc1c(C(C)C)cccc1C(C)C. The van der Waals surface area contributed by atoms with Crippen LogP contribution in [0.1, 0.15) is 78.4 Å². The van der Waals surface area contributed by atoms with Crippen molar-refractivity contribution in [3.05, 3.63) is 29.3 Å². The molecule has 5 heteroatoms. The maximum atomic E-state index is 12.5. The molecule has 1 aromatic carbocycles. The minimum absolute atomic E-state index is 0.218. The Hall–Kier alpha value is -2.04. The summed E-state index contributed by atoms with van der Waals surface area (Å²) in [4.78, 5) is 24.3. The first kappa shape index (κ1) is 21.0. The van der Waals surface area contributed by atoms with E-state index < -0.39 is 23.7 Å². The van der Waals surface area contributed by atoms with Crippen LogP contribution in [0.15, 0.2) is 18.2 Å². The third-order valence-corrected chi connectivity index (χ3v) is 3.61. The molecule has 0 heterocycles. The van der Waals surface area contributed by atoms with Gasteiger partial charge in [0, 0.05) is 0 Å². The lowest BCUT2D eigenvalue weighted by Crippen LogP contribution is -2.43. The number of ether oxygens (including phenoxy) is 2. The molecule has 1 rings (SSSR count). The lowest BCUT2D eigenvalue weighted by molar-refractivity contribution is -0.136. The number of hydrogen-bond donors (Lipinski definition) is 1. The van der Waals surface area contributed by atoms with Crippen LogP contribution in [0, 0.1) is 0 Å². The van der Waals surface area contributed by atoms with Crippen LogP contribution in [0.2, 0.25) is 0 Å². The molecule has 1 unspecified atom stereocenters. The number of benzene rings is 1. The number of carbonyl (C=O) groups excluding carboxylic acids is 2. The van der Waals surface area contributed by atoms with Gasteiger partial charge in [-0.1, -0.05) is 45.9 Å². The van der Waals surface area contributed by atoms with E-state index in [0.29, 0.717) is 5.75 Å². The van der Waals surface area contributed by atoms with Crippen LogP contribution < -0.4 is 10.1 Å². The molecule has 0 bridgehead atoms. The number of amides is 1. The molecule has 0 saturated heterocycles. The van der Waals surface area contributed by atoms with Gasteiger partial charge in [-0.3, -0.25) is 0 Å². The van der Waals surface area contributed by atoms with Crippen molar-refractivity contribution in [3.63, 3.8) is 0 Å². The first-order chi connectivity index (χ1) is 11.4. The molecule has 0 radical (unpaired) electrons. The fourth-order valence-corrected chi connectivity index (χ4v) is 2.33. The van der Waals surface area contributed by atoms with E-state index in [1.807, 2.05) is 18.2 Å². The fraction of sp³-hybridized carbons (Fsp3) is 0.600. The number of alkyl carbamates (subject to hydrolysis) is 1. The molecular formula is C20H31NO4. The highest BCUT2D eigenvalue weighted by Crippen LogP contribution is 2.34. The molecule has 0 aliphatic rings. The quantitative estimate of drug-likeness (QED) is 0.615. The van der Waals surface area contributed by atoms with Crippen LogP contribution in [-0.2, 0) is 9.53 Å². The first-order valence-corrected chi connectivity index (χ1v) is 8.76. The van der Waals surface area contributed by atoms with Crippen molar-refractivity contribution in [2.45, 2.75) is 78.9 Å². The molecule has 0 spiro atoms. The molecule has 1 N–H and O–H groups in total. The van der Waals surface area contributed by atoms with Crippen molar-refractivity contribution < 1.29 is 19.1 Å². The highest BCUT2D eigenvalue weighted by Gasteiger charge is 2.24. The average molecular weight is 349 g/mol. The normalized spacial score (nSPS) is 12.9. The number of rotatable bonds is 5. The van der Waals surface area contributed by atoms with Crippen LogP contribution in [-0.4, -0.2) is 23.7 Å². The van der Waals surface area contributed by atoms with Gasteiger partial charge in [-0.15, -0.1) is 0 Å². The van der Waals surface area contributed by atoms with Crippen molar-refractivity contribution in [1.82, 2.24) is 5.32 Å². The molecule has 1 aromatic rings. The van der Waals surface area contributed by atoms with Crippen LogP contribution in [0.3, 0.4) is 0 Å². The molecule has 0 aromatic heterocycles. The highest BCUT2D eigenvalue weighted by molar-refractivity contribution is 5.83. The Kier molecular flexibility index (Phi) is 7.03. The van der Waals surface area contributed by atoms with E-state index in [1.165, 1.54) is 0 Å². The van der Waals surface area contributed by atoms with Crippen LogP contribution >= 0.6 is 0 Å². The molecule has 0 fully saturated rings.